The second kappa shape index (κ2) is 6.21. The van der Waals surface area contributed by atoms with E-state index in [9.17, 15) is 0 Å². The molecule has 2 rings (SSSR count). The number of hydrogen-bond donors (Lipinski definition) is 0. The summed E-state index contributed by atoms with van der Waals surface area (Å²) >= 11 is 4.23. The first kappa shape index (κ1) is 15.4. The molecule has 0 aromatic heterocycles. The lowest BCUT2D eigenvalue weighted by atomic mass is 9.91. The second-order valence-electron chi connectivity index (χ2n) is 5.12. The molecule has 18 heavy (non-hydrogen) atoms. The van der Waals surface area contributed by atoms with Gasteiger partial charge in [0, 0.05) is 22.1 Å². The summed E-state index contributed by atoms with van der Waals surface area (Å²) in [5.74, 6) is 0.744. The highest BCUT2D eigenvalue weighted by Gasteiger charge is 2.41. The van der Waals surface area contributed by atoms with Crippen LogP contribution in [-0.2, 0) is 0 Å². The molecule has 2 aliphatic heterocycles. The van der Waals surface area contributed by atoms with E-state index in [4.69, 9.17) is 0 Å². The van der Waals surface area contributed by atoms with Crippen LogP contribution in [0.25, 0.3) is 0 Å². The molecule has 2 heterocycles. The van der Waals surface area contributed by atoms with Crippen LogP contribution in [0.3, 0.4) is 0 Å². The van der Waals surface area contributed by atoms with E-state index >= 15 is 0 Å². The Labute approximate surface area is 124 Å². The minimum Gasteiger partial charge on any atom is -0.127 e. The van der Waals surface area contributed by atoms with Crippen LogP contribution in [0.15, 0.2) is 20.7 Å². The molecule has 0 saturated heterocycles. The van der Waals surface area contributed by atoms with Gasteiger partial charge in [-0.2, -0.15) is 0 Å². The summed E-state index contributed by atoms with van der Waals surface area (Å²) in [7, 11) is 2.03. The molecule has 4 heteroatoms. The third-order valence-corrected chi connectivity index (χ3v) is 9.54. The predicted octanol–water partition coefficient (Wildman–Crippen LogP) is 5.36. The van der Waals surface area contributed by atoms with Gasteiger partial charge in [0.15, 0.2) is 0 Å². The van der Waals surface area contributed by atoms with E-state index in [1.165, 1.54) is 0 Å². The maximum Gasteiger partial charge on any atom is 0.0195 e. The van der Waals surface area contributed by atoms with Gasteiger partial charge < -0.3 is 0 Å². The smallest absolute Gasteiger partial charge is 0.0195 e. The molecule has 0 aromatic rings. The standard InChI is InChI=1S/C14H24P2S2/c1-7-11(13(15-5)9(3)17-7)12-8(2)18-10(4)14(12)16-6/h7,10-11,14-16H,1-6H3/t7?,10-,11-,14?/m1/s1. The SMILES string of the molecule is CPC1=C(C)SC(C)[C@@H]1C1=C(C)S[C@H](C)C1PC. The van der Waals surface area contributed by atoms with E-state index in [-0.39, 0.29) is 0 Å². The van der Waals surface area contributed by atoms with Gasteiger partial charge in [-0.15, -0.1) is 32.1 Å². The molecule has 0 N–H and O–H groups in total. The Morgan fingerprint density at radius 2 is 1.56 bits per heavy atom. The van der Waals surface area contributed by atoms with Gasteiger partial charge in [-0.25, -0.2) is 0 Å². The van der Waals surface area contributed by atoms with Crippen LogP contribution in [0.1, 0.15) is 27.7 Å². The average molecular weight is 318 g/mol. The summed E-state index contributed by atoms with van der Waals surface area (Å²) in [6.07, 6.45) is 0. The Kier molecular flexibility index (Phi) is 5.32. The zero-order chi connectivity index (χ0) is 13.4. The van der Waals surface area contributed by atoms with Crippen molar-refractivity contribution in [2.45, 2.75) is 43.9 Å². The first-order chi connectivity index (χ1) is 8.51. The molecule has 0 nitrogen and oxygen atoms in total. The molecule has 0 radical (unpaired) electrons. The van der Waals surface area contributed by atoms with Crippen LogP contribution >= 0.6 is 40.7 Å². The molecular formula is C14H24P2S2. The van der Waals surface area contributed by atoms with E-state index < -0.39 is 0 Å². The Balaban J connectivity index is 2.38. The summed E-state index contributed by atoms with van der Waals surface area (Å²) in [4.78, 5) is 3.24. The highest BCUT2D eigenvalue weighted by Crippen LogP contribution is 2.57. The summed E-state index contributed by atoms with van der Waals surface area (Å²) in [6, 6.07) is 0. The van der Waals surface area contributed by atoms with Crippen molar-refractivity contribution in [1.82, 2.24) is 0 Å². The number of hydrogen-bond acceptors (Lipinski definition) is 2. The molecule has 0 fully saturated rings. The molecule has 0 aliphatic carbocycles. The molecule has 4 unspecified atom stereocenters. The highest BCUT2D eigenvalue weighted by atomic mass is 32.2. The fourth-order valence-electron chi connectivity index (χ4n) is 3.29. The monoisotopic (exact) mass is 318 g/mol. The van der Waals surface area contributed by atoms with Crippen LogP contribution in [0.4, 0.5) is 0 Å². The third kappa shape index (κ3) is 2.60. The van der Waals surface area contributed by atoms with Crippen LogP contribution in [-0.4, -0.2) is 29.5 Å². The van der Waals surface area contributed by atoms with Crippen LogP contribution in [0, 0.1) is 5.92 Å². The largest absolute Gasteiger partial charge is 0.127 e. The second-order valence-corrected chi connectivity index (χ2v) is 10.5. The first-order valence-corrected chi connectivity index (χ1v) is 11.4. The van der Waals surface area contributed by atoms with Crippen molar-refractivity contribution < 1.29 is 0 Å². The molecule has 0 aromatic carbocycles. The number of rotatable bonds is 3. The number of thioether (sulfide) groups is 2. The molecule has 0 saturated carbocycles. The molecular weight excluding hydrogens is 294 g/mol. The van der Waals surface area contributed by atoms with Crippen molar-refractivity contribution in [3.05, 3.63) is 20.7 Å². The van der Waals surface area contributed by atoms with Crippen molar-refractivity contribution in [1.29, 1.82) is 0 Å². The third-order valence-electron chi connectivity index (χ3n) is 4.01. The fraction of sp³-hybridized carbons (Fsp3) is 0.714. The maximum atomic E-state index is 2.43. The zero-order valence-electron chi connectivity index (χ0n) is 12.1. The lowest BCUT2D eigenvalue weighted by Crippen LogP contribution is -2.22. The minimum atomic E-state index is 0.744. The topological polar surface area (TPSA) is 0 Å². The van der Waals surface area contributed by atoms with Crippen LogP contribution < -0.4 is 0 Å². The van der Waals surface area contributed by atoms with Gasteiger partial charge in [0.05, 0.1) is 0 Å². The molecule has 2 aliphatic rings. The molecule has 0 bridgehead atoms. The van der Waals surface area contributed by atoms with E-state index in [0.717, 1.165) is 39.2 Å². The van der Waals surface area contributed by atoms with Gasteiger partial charge in [-0.1, -0.05) is 22.4 Å². The fourth-order valence-corrected chi connectivity index (χ4v) is 9.32. The van der Waals surface area contributed by atoms with E-state index in [2.05, 4.69) is 64.5 Å². The average Bonchev–Trinajstić information content (AvgIpc) is 2.74. The first-order valence-electron chi connectivity index (χ1n) is 6.61. The highest BCUT2D eigenvalue weighted by molar-refractivity contribution is 8.04. The van der Waals surface area contributed by atoms with Gasteiger partial charge >= 0.3 is 0 Å². The maximum absolute atomic E-state index is 2.43. The van der Waals surface area contributed by atoms with Gasteiger partial charge in [0.25, 0.3) is 0 Å². The Morgan fingerprint density at radius 3 is 2.11 bits per heavy atom. The Morgan fingerprint density at radius 1 is 0.944 bits per heavy atom. The van der Waals surface area contributed by atoms with Crippen molar-refractivity contribution >= 4 is 40.7 Å². The van der Waals surface area contributed by atoms with Gasteiger partial charge in [0.1, 0.15) is 0 Å². The van der Waals surface area contributed by atoms with Crippen LogP contribution in [0.5, 0.6) is 0 Å². The normalized spacial score (nSPS) is 38.3. The summed E-state index contributed by atoms with van der Waals surface area (Å²) in [5.41, 5.74) is 2.63. The zero-order valence-corrected chi connectivity index (χ0v) is 15.8. The van der Waals surface area contributed by atoms with Gasteiger partial charge in [-0.05, 0) is 47.9 Å². The molecule has 0 amide bonds. The summed E-state index contributed by atoms with van der Waals surface area (Å²) in [6.45, 7) is 14.3. The van der Waals surface area contributed by atoms with E-state index in [1.807, 2.05) is 0 Å². The van der Waals surface area contributed by atoms with Crippen molar-refractivity contribution in [3.63, 3.8) is 0 Å². The summed E-state index contributed by atoms with van der Waals surface area (Å²) in [5, 5.41) is 3.30. The van der Waals surface area contributed by atoms with Crippen molar-refractivity contribution in [3.8, 4) is 0 Å². The van der Waals surface area contributed by atoms with Gasteiger partial charge in [0.2, 0.25) is 0 Å². The van der Waals surface area contributed by atoms with Gasteiger partial charge in [-0.3, -0.25) is 0 Å². The molecule has 6 atom stereocenters. The number of allylic oxidation sites excluding steroid dienone is 4. The lowest BCUT2D eigenvalue weighted by Gasteiger charge is -2.27. The van der Waals surface area contributed by atoms with Crippen molar-refractivity contribution in [2.24, 2.45) is 5.92 Å². The van der Waals surface area contributed by atoms with E-state index in [0.29, 0.717) is 0 Å². The predicted molar refractivity (Wildman–Crippen MR) is 95.3 cm³/mol. The quantitative estimate of drug-likeness (QED) is 0.642. The Hall–Kier alpha value is 1.04. The molecule has 0 spiro atoms. The van der Waals surface area contributed by atoms with Crippen molar-refractivity contribution in [2.75, 3.05) is 13.3 Å². The lowest BCUT2D eigenvalue weighted by molar-refractivity contribution is 0.705. The van der Waals surface area contributed by atoms with E-state index in [1.54, 1.807) is 20.7 Å². The molecule has 102 valence electrons. The van der Waals surface area contributed by atoms with Crippen LogP contribution in [0.2, 0.25) is 0 Å². The Bertz CT molecular complexity index is 401. The summed E-state index contributed by atoms with van der Waals surface area (Å²) < 4.78 is 0. The minimum absolute atomic E-state index is 0.744.